The summed E-state index contributed by atoms with van der Waals surface area (Å²) in [5, 5.41) is 5.56. The third kappa shape index (κ3) is 4.62. The minimum absolute atomic E-state index is 0.0793. The predicted molar refractivity (Wildman–Crippen MR) is 69.7 cm³/mol. The maximum atomic E-state index is 11.8. The molecule has 0 radical (unpaired) electrons. The molecule has 0 aromatic carbocycles. The van der Waals surface area contributed by atoms with E-state index in [4.69, 9.17) is 11.5 Å². The van der Waals surface area contributed by atoms with Crippen LogP contribution in [0.4, 0.5) is 0 Å². The highest BCUT2D eigenvalue weighted by Crippen LogP contribution is 2.09. The highest BCUT2D eigenvalue weighted by molar-refractivity contribution is 5.96. The van der Waals surface area contributed by atoms with E-state index in [2.05, 4.69) is 10.6 Å². The molecule has 0 aromatic heterocycles. The Morgan fingerprint density at radius 1 is 0.778 bits per heavy atom. The average molecular weight is 256 g/mol. The first-order valence-electron chi connectivity index (χ1n) is 6.70. The van der Waals surface area contributed by atoms with Gasteiger partial charge < -0.3 is 22.1 Å². The van der Waals surface area contributed by atoms with Crippen LogP contribution in [0.2, 0.25) is 0 Å². The van der Waals surface area contributed by atoms with E-state index in [-0.39, 0.29) is 11.8 Å². The highest BCUT2D eigenvalue weighted by atomic mass is 16.2. The van der Waals surface area contributed by atoms with Gasteiger partial charge in [-0.2, -0.15) is 0 Å². The Balaban J connectivity index is 2.34. The molecule has 104 valence electrons. The van der Waals surface area contributed by atoms with E-state index in [1.54, 1.807) is 0 Å². The van der Waals surface area contributed by atoms with Gasteiger partial charge in [0.25, 0.3) is 0 Å². The molecular weight excluding hydrogens is 232 g/mol. The molecular formula is C12H24N4O2. The molecule has 0 saturated carbocycles. The number of hydrogen-bond acceptors (Lipinski definition) is 4. The summed E-state index contributed by atoms with van der Waals surface area (Å²) in [7, 11) is 0. The van der Waals surface area contributed by atoms with Crippen molar-refractivity contribution in [1.82, 2.24) is 10.6 Å². The molecule has 1 rings (SSSR count). The monoisotopic (exact) mass is 256 g/mol. The predicted octanol–water partition coefficient (Wildman–Crippen LogP) is -0.772. The van der Waals surface area contributed by atoms with Gasteiger partial charge in [-0.05, 0) is 51.6 Å². The average Bonchev–Trinajstić information content (AvgIpc) is 2.35. The van der Waals surface area contributed by atoms with Gasteiger partial charge in [0.1, 0.15) is 12.1 Å². The van der Waals surface area contributed by atoms with Crippen LogP contribution >= 0.6 is 0 Å². The SMILES string of the molecule is NCCCC[C@@H]1NC(=O)[C@@H](CCCCN)NC1=O. The van der Waals surface area contributed by atoms with Gasteiger partial charge >= 0.3 is 0 Å². The van der Waals surface area contributed by atoms with E-state index in [1.165, 1.54) is 0 Å². The maximum absolute atomic E-state index is 11.8. The van der Waals surface area contributed by atoms with Crippen molar-refractivity contribution in [2.75, 3.05) is 13.1 Å². The van der Waals surface area contributed by atoms with Gasteiger partial charge in [0.15, 0.2) is 0 Å². The molecule has 1 aliphatic rings. The number of piperazine rings is 1. The summed E-state index contributed by atoms with van der Waals surface area (Å²) < 4.78 is 0. The van der Waals surface area contributed by atoms with E-state index >= 15 is 0 Å². The Kier molecular flexibility index (Phi) is 6.67. The number of amides is 2. The minimum Gasteiger partial charge on any atom is -0.343 e. The lowest BCUT2D eigenvalue weighted by Gasteiger charge is -2.29. The third-order valence-electron chi connectivity index (χ3n) is 3.16. The number of unbranched alkanes of at least 4 members (excludes halogenated alkanes) is 2. The first-order valence-corrected chi connectivity index (χ1v) is 6.70. The topological polar surface area (TPSA) is 110 Å². The fraction of sp³-hybridized carbons (Fsp3) is 0.833. The molecule has 6 N–H and O–H groups in total. The quantitative estimate of drug-likeness (QED) is 0.427. The van der Waals surface area contributed by atoms with Crippen LogP contribution in [0.25, 0.3) is 0 Å². The molecule has 0 spiro atoms. The number of nitrogens with two attached hydrogens (primary N) is 2. The van der Waals surface area contributed by atoms with Crippen LogP contribution < -0.4 is 22.1 Å². The summed E-state index contributed by atoms with van der Waals surface area (Å²) in [6.07, 6.45) is 4.77. The number of hydrogen-bond donors (Lipinski definition) is 4. The lowest BCUT2D eigenvalue weighted by molar-refractivity contribution is -0.137. The molecule has 0 aliphatic carbocycles. The summed E-state index contributed by atoms with van der Waals surface area (Å²) in [5.74, 6) is -0.159. The smallest absolute Gasteiger partial charge is 0.243 e. The van der Waals surface area contributed by atoms with E-state index in [9.17, 15) is 9.59 Å². The highest BCUT2D eigenvalue weighted by Gasteiger charge is 2.32. The van der Waals surface area contributed by atoms with Crippen molar-refractivity contribution in [3.63, 3.8) is 0 Å². The van der Waals surface area contributed by atoms with Crippen molar-refractivity contribution >= 4 is 11.8 Å². The van der Waals surface area contributed by atoms with Gasteiger partial charge in [0.05, 0.1) is 0 Å². The zero-order chi connectivity index (χ0) is 13.4. The van der Waals surface area contributed by atoms with Gasteiger partial charge in [0, 0.05) is 0 Å². The number of carbonyl (C=O) groups excluding carboxylic acids is 2. The molecule has 18 heavy (non-hydrogen) atoms. The standard InChI is InChI=1S/C12H24N4O2/c13-7-3-1-5-9-11(17)16-10(12(18)15-9)6-2-4-8-14/h9-10H,1-8,13-14H2,(H,15,18)(H,16,17)/t9-,10+. The molecule has 6 nitrogen and oxygen atoms in total. The summed E-state index contributed by atoms with van der Waals surface area (Å²) in [6.45, 7) is 1.23. The second-order valence-corrected chi connectivity index (χ2v) is 4.69. The number of nitrogens with one attached hydrogen (secondary N) is 2. The molecule has 0 bridgehead atoms. The van der Waals surface area contributed by atoms with Crippen molar-refractivity contribution < 1.29 is 9.59 Å². The van der Waals surface area contributed by atoms with E-state index in [1.807, 2.05) is 0 Å². The molecule has 2 amide bonds. The molecule has 1 saturated heterocycles. The van der Waals surface area contributed by atoms with Crippen LogP contribution in [-0.4, -0.2) is 37.0 Å². The Hall–Kier alpha value is -1.14. The molecule has 1 heterocycles. The largest absolute Gasteiger partial charge is 0.343 e. The Morgan fingerprint density at radius 2 is 1.17 bits per heavy atom. The first-order chi connectivity index (χ1) is 8.69. The lowest BCUT2D eigenvalue weighted by Crippen LogP contribution is -2.61. The van der Waals surface area contributed by atoms with Crippen molar-refractivity contribution in [1.29, 1.82) is 0 Å². The Morgan fingerprint density at radius 3 is 1.50 bits per heavy atom. The molecule has 1 aliphatic heterocycles. The second-order valence-electron chi connectivity index (χ2n) is 4.69. The van der Waals surface area contributed by atoms with E-state index < -0.39 is 12.1 Å². The molecule has 2 atom stereocenters. The van der Waals surface area contributed by atoms with Crippen molar-refractivity contribution in [2.24, 2.45) is 11.5 Å². The summed E-state index contributed by atoms with van der Waals surface area (Å²) in [4.78, 5) is 23.6. The van der Waals surface area contributed by atoms with Crippen LogP contribution in [0.3, 0.4) is 0 Å². The van der Waals surface area contributed by atoms with Gasteiger partial charge in [-0.1, -0.05) is 0 Å². The fourth-order valence-corrected chi connectivity index (χ4v) is 2.07. The Bertz CT molecular complexity index is 255. The number of rotatable bonds is 8. The maximum Gasteiger partial charge on any atom is 0.243 e. The molecule has 6 heteroatoms. The summed E-state index contributed by atoms with van der Waals surface area (Å²) in [5.41, 5.74) is 10.8. The van der Waals surface area contributed by atoms with Crippen LogP contribution in [-0.2, 0) is 9.59 Å². The van der Waals surface area contributed by atoms with Gasteiger partial charge in [0.2, 0.25) is 11.8 Å². The Labute approximate surface area is 108 Å². The van der Waals surface area contributed by atoms with Crippen molar-refractivity contribution in [3.8, 4) is 0 Å². The van der Waals surface area contributed by atoms with Gasteiger partial charge in [-0.3, -0.25) is 9.59 Å². The molecule has 0 unspecified atom stereocenters. The van der Waals surface area contributed by atoms with E-state index in [0.29, 0.717) is 25.9 Å². The molecule has 0 aromatic rings. The van der Waals surface area contributed by atoms with Gasteiger partial charge in [-0.25, -0.2) is 0 Å². The summed E-state index contributed by atoms with van der Waals surface area (Å²) in [6, 6.07) is -0.787. The number of carbonyl (C=O) groups is 2. The summed E-state index contributed by atoms with van der Waals surface area (Å²) >= 11 is 0. The fourth-order valence-electron chi connectivity index (χ4n) is 2.07. The van der Waals surface area contributed by atoms with Crippen LogP contribution in [0.5, 0.6) is 0 Å². The van der Waals surface area contributed by atoms with Crippen LogP contribution in [0, 0.1) is 0 Å². The molecule has 1 fully saturated rings. The van der Waals surface area contributed by atoms with Crippen LogP contribution in [0.1, 0.15) is 38.5 Å². The van der Waals surface area contributed by atoms with Crippen molar-refractivity contribution in [3.05, 3.63) is 0 Å². The normalized spacial score (nSPS) is 23.7. The second kappa shape index (κ2) is 8.05. The zero-order valence-corrected chi connectivity index (χ0v) is 10.8. The zero-order valence-electron chi connectivity index (χ0n) is 10.8. The van der Waals surface area contributed by atoms with Crippen molar-refractivity contribution in [2.45, 2.75) is 50.6 Å². The minimum atomic E-state index is -0.394. The van der Waals surface area contributed by atoms with E-state index in [0.717, 1.165) is 25.7 Å². The lowest BCUT2D eigenvalue weighted by atomic mass is 10.0. The third-order valence-corrected chi connectivity index (χ3v) is 3.16. The van der Waals surface area contributed by atoms with Gasteiger partial charge in [-0.15, -0.1) is 0 Å². The van der Waals surface area contributed by atoms with Crippen LogP contribution in [0.15, 0.2) is 0 Å². The first kappa shape index (κ1) is 14.9.